The maximum absolute atomic E-state index is 13.1. The number of aliphatic hydroxyl groups excluding tert-OH is 2. The van der Waals surface area contributed by atoms with Gasteiger partial charge in [-0.15, -0.1) is 0 Å². The van der Waals surface area contributed by atoms with Gasteiger partial charge in [0.1, 0.15) is 0 Å². The SMILES string of the molecule is CC[C@H]1[C@@H](O)C2[C@H](CC[C@]3(C)C([C@H](C)CNC(=O)NS(=O)(=O)c4cccc(N5CCCCC5)c4)CC[C@@H]23)[C@@]2(C)CC[C@@H](O)C[C@@H]12. The van der Waals surface area contributed by atoms with E-state index in [1.165, 1.54) is 6.42 Å². The fraction of sp³-hybridized carbons (Fsp3) is 0.806. The van der Waals surface area contributed by atoms with Gasteiger partial charge in [0.2, 0.25) is 0 Å². The lowest BCUT2D eigenvalue weighted by Gasteiger charge is -2.64. The Labute approximate surface area is 271 Å². The van der Waals surface area contributed by atoms with Crippen molar-refractivity contribution in [1.29, 1.82) is 0 Å². The van der Waals surface area contributed by atoms with Gasteiger partial charge in [-0.1, -0.05) is 40.2 Å². The summed E-state index contributed by atoms with van der Waals surface area (Å²) in [6, 6.07) is 6.21. The quantitative estimate of drug-likeness (QED) is 0.293. The summed E-state index contributed by atoms with van der Waals surface area (Å²) in [6.45, 7) is 11.5. The molecule has 4 aliphatic carbocycles. The molecular weight excluding hydrogens is 586 g/mol. The Bertz CT molecular complexity index is 1330. The molecule has 1 aromatic rings. The largest absolute Gasteiger partial charge is 0.393 e. The van der Waals surface area contributed by atoms with Gasteiger partial charge < -0.3 is 20.4 Å². The number of rotatable bonds is 7. The third kappa shape index (κ3) is 5.92. The minimum absolute atomic E-state index is 0.0797. The molecule has 1 heterocycles. The topological polar surface area (TPSA) is 119 Å². The first-order valence-corrected chi connectivity index (χ1v) is 19.4. The van der Waals surface area contributed by atoms with Gasteiger partial charge in [0.05, 0.1) is 17.1 Å². The predicted molar refractivity (Wildman–Crippen MR) is 177 cm³/mol. The molecule has 4 N–H and O–H groups in total. The summed E-state index contributed by atoms with van der Waals surface area (Å²) < 4.78 is 28.6. The Morgan fingerprint density at radius 1 is 1.00 bits per heavy atom. The number of amides is 2. The molecule has 11 atom stereocenters. The van der Waals surface area contributed by atoms with E-state index in [1.54, 1.807) is 18.2 Å². The van der Waals surface area contributed by atoms with Crippen molar-refractivity contribution in [3.8, 4) is 0 Å². The second kappa shape index (κ2) is 12.6. The van der Waals surface area contributed by atoms with Crippen molar-refractivity contribution in [2.24, 2.45) is 52.3 Å². The first kappa shape index (κ1) is 33.1. The molecular formula is C36H57N3O5S. The molecule has 5 aliphatic rings. The Hall–Kier alpha value is -1.84. The summed E-state index contributed by atoms with van der Waals surface area (Å²) in [6.07, 6.45) is 10.9. The van der Waals surface area contributed by atoms with Gasteiger partial charge in [-0.2, -0.15) is 0 Å². The smallest absolute Gasteiger partial charge is 0.328 e. The van der Waals surface area contributed by atoms with Crippen molar-refractivity contribution in [2.45, 2.75) is 115 Å². The molecule has 1 saturated heterocycles. The summed E-state index contributed by atoms with van der Waals surface area (Å²) in [5.41, 5.74) is 1.13. The minimum Gasteiger partial charge on any atom is -0.393 e. The molecule has 0 radical (unpaired) electrons. The van der Waals surface area contributed by atoms with E-state index in [-0.39, 0.29) is 45.7 Å². The first-order valence-electron chi connectivity index (χ1n) is 17.9. The molecule has 5 fully saturated rings. The number of nitrogens with one attached hydrogen (secondary N) is 2. The van der Waals surface area contributed by atoms with E-state index in [1.807, 2.05) is 6.07 Å². The third-order valence-electron chi connectivity index (χ3n) is 13.8. The van der Waals surface area contributed by atoms with Gasteiger partial charge in [0.25, 0.3) is 10.0 Å². The highest BCUT2D eigenvalue weighted by Gasteiger charge is 2.64. The van der Waals surface area contributed by atoms with Crippen LogP contribution in [0.1, 0.15) is 98.3 Å². The molecule has 0 bridgehead atoms. The van der Waals surface area contributed by atoms with Crippen molar-refractivity contribution < 1.29 is 23.4 Å². The van der Waals surface area contributed by atoms with Crippen molar-refractivity contribution in [3.63, 3.8) is 0 Å². The number of carbonyl (C=O) groups is 1. The molecule has 1 aliphatic heterocycles. The van der Waals surface area contributed by atoms with Crippen LogP contribution in [0.4, 0.5) is 10.5 Å². The minimum atomic E-state index is -4.00. The van der Waals surface area contributed by atoms with Gasteiger partial charge in [0, 0.05) is 25.3 Å². The standard InChI is InChI=1S/C36H57N3O5S/c1-5-27-31-21-25(40)14-16-36(31,4)30-15-17-35(3)28(12-13-29(35)32(30)33(27)41)23(2)22-37-34(42)38-45(43,44)26-11-9-10-24(20-26)39-18-7-6-8-19-39/h9-11,20,23,25,27-33,40-41H,5-8,12-19,21-22H2,1-4H3,(H2,37,38,42)/t23-,25-,27-,28?,29+,30+,31+,32?,33-,35-,36-/m1/s1. The zero-order chi connectivity index (χ0) is 32.1. The number of fused-ring (bicyclic) bond motifs is 5. The van der Waals surface area contributed by atoms with Crippen LogP contribution in [0.2, 0.25) is 0 Å². The number of anilines is 1. The monoisotopic (exact) mass is 643 g/mol. The average molecular weight is 644 g/mol. The van der Waals surface area contributed by atoms with E-state index in [9.17, 15) is 23.4 Å². The molecule has 4 saturated carbocycles. The number of sulfonamides is 1. The number of hydrogen-bond donors (Lipinski definition) is 4. The molecule has 0 aromatic heterocycles. The molecule has 2 amide bonds. The lowest BCUT2D eigenvalue weighted by atomic mass is 9.41. The number of benzene rings is 1. The maximum Gasteiger partial charge on any atom is 0.328 e. The van der Waals surface area contributed by atoms with Crippen molar-refractivity contribution >= 4 is 21.7 Å². The lowest BCUT2D eigenvalue weighted by Crippen LogP contribution is -2.62. The molecule has 6 rings (SSSR count). The number of nitrogens with zero attached hydrogens (tertiary/aromatic N) is 1. The van der Waals surface area contributed by atoms with Crippen molar-refractivity contribution in [2.75, 3.05) is 24.5 Å². The normalized spacial score (nSPS) is 40.5. The van der Waals surface area contributed by atoms with Crippen LogP contribution in [0, 0.1) is 52.3 Å². The first-order chi connectivity index (χ1) is 21.4. The predicted octanol–water partition coefficient (Wildman–Crippen LogP) is 5.93. The highest BCUT2D eigenvalue weighted by molar-refractivity contribution is 7.90. The molecule has 0 spiro atoms. The number of piperidine rings is 1. The number of urea groups is 1. The Morgan fingerprint density at radius 2 is 1.71 bits per heavy atom. The van der Waals surface area contributed by atoms with Crippen LogP contribution in [0.5, 0.6) is 0 Å². The van der Waals surface area contributed by atoms with E-state index < -0.39 is 16.1 Å². The van der Waals surface area contributed by atoms with Gasteiger partial charge in [-0.25, -0.2) is 17.9 Å². The van der Waals surface area contributed by atoms with Crippen LogP contribution >= 0.6 is 0 Å². The summed E-state index contributed by atoms with van der Waals surface area (Å²) in [5.74, 6) is 2.41. The fourth-order valence-electron chi connectivity index (χ4n) is 11.5. The van der Waals surface area contributed by atoms with Crippen LogP contribution in [-0.4, -0.2) is 56.5 Å². The summed E-state index contributed by atoms with van der Waals surface area (Å²) >= 11 is 0. The van der Waals surface area contributed by atoms with E-state index in [4.69, 9.17) is 0 Å². The van der Waals surface area contributed by atoms with Gasteiger partial charge in [-0.05, 0) is 135 Å². The van der Waals surface area contributed by atoms with E-state index in [0.29, 0.717) is 30.2 Å². The molecule has 252 valence electrons. The van der Waals surface area contributed by atoms with Crippen LogP contribution in [0.3, 0.4) is 0 Å². The van der Waals surface area contributed by atoms with Gasteiger partial charge >= 0.3 is 6.03 Å². The second-order valence-corrected chi connectivity index (χ2v) is 17.6. The summed E-state index contributed by atoms with van der Waals surface area (Å²) in [4.78, 5) is 15.2. The zero-order valence-corrected chi connectivity index (χ0v) is 28.7. The number of carbonyl (C=O) groups excluding carboxylic acids is 1. The third-order valence-corrected chi connectivity index (χ3v) is 15.1. The van der Waals surface area contributed by atoms with E-state index in [0.717, 1.165) is 83.0 Å². The number of hydrogen-bond acceptors (Lipinski definition) is 6. The van der Waals surface area contributed by atoms with Crippen LogP contribution in [0.25, 0.3) is 0 Å². The van der Waals surface area contributed by atoms with Gasteiger partial charge in [-0.3, -0.25) is 0 Å². The van der Waals surface area contributed by atoms with Crippen LogP contribution < -0.4 is 14.9 Å². The lowest BCUT2D eigenvalue weighted by molar-refractivity contribution is -0.203. The van der Waals surface area contributed by atoms with Crippen LogP contribution in [0.15, 0.2) is 29.2 Å². The summed E-state index contributed by atoms with van der Waals surface area (Å²) in [5, 5.41) is 25.4. The van der Waals surface area contributed by atoms with Crippen LogP contribution in [-0.2, 0) is 10.0 Å². The highest BCUT2D eigenvalue weighted by atomic mass is 32.2. The Morgan fingerprint density at radius 3 is 2.44 bits per heavy atom. The average Bonchev–Trinajstić information content (AvgIpc) is 3.38. The highest BCUT2D eigenvalue weighted by Crippen LogP contribution is 2.69. The summed E-state index contributed by atoms with van der Waals surface area (Å²) in [7, 11) is -4.00. The van der Waals surface area contributed by atoms with E-state index >= 15 is 0 Å². The van der Waals surface area contributed by atoms with E-state index in [2.05, 4.69) is 42.6 Å². The van der Waals surface area contributed by atoms with Gasteiger partial charge in [0.15, 0.2) is 0 Å². The Kier molecular flexibility index (Phi) is 9.29. The Balaban J connectivity index is 1.10. The molecule has 2 unspecified atom stereocenters. The van der Waals surface area contributed by atoms with Crippen molar-refractivity contribution in [1.82, 2.24) is 10.0 Å². The molecule has 45 heavy (non-hydrogen) atoms. The molecule has 1 aromatic carbocycles. The van der Waals surface area contributed by atoms with Crippen molar-refractivity contribution in [3.05, 3.63) is 24.3 Å². The fourth-order valence-corrected chi connectivity index (χ4v) is 12.5. The second-order valence-electron chi connectivity index (χ2n) is 16.0. The molecule has 8 nitrogen and oxygen atoms in total. The number of aliphatic hydroxyl groups is 2. The zero-order valence-electron chi connectivity index (χ0n) is 27.9. The molecule has 9 heteroatoms. The maximum atomic E-state index is 13.1.